The summed E-state index contributed by atoms with van der Waals surface area (Å²) in [6.45, 7) is 13.8. The average molecular weight is 1250 g/mol. The third-order valence-electron chi connectivity index (χ3n) is 15.3. The van der Waals surface area contributed by atoms with Gasteiger partial charge in [-0.1, -0.05) is 136 Å². The van der Waals surface area contributed by atoms with Crippen molar-refractivity contribution in [3.8, 4) is 0 Å². The van der Waals surface area contributed by atoms with Crippen molar-refractivity contribution in [1.82, 2.24) is 0 Å². The molecule has 0 bridgehead atoms. The van der Waals surface area contributed by atoms with Crippen LogP contribution >= 0.6 is 80.7 Å². The minimum absolute atomic E-state index is 0. The standard InChI is InChI=1S/C27H39Br2N.C27H23Br2N.2CH3.2ClH.Zr/c2*1-16-4-6-19(7-5-16)30(26-10-8-24(28)20-12-17(2)14-22(20)26)27-11-9-25(29)21-13-18(3)15-23(21)27;;;;;/h4-7,17-18,20-27H,8-15H2,1-3H3;4-13H,14-15H2,1-3H3;2*1H3;2*1H;/q;;2*-1;;;+4/p-2. The van der Waals surface area contributed by atoms with E-state index in [-0.39, 0.29) is 14.9 Å². The summed E-state index contributed by atoms with van der Waals surface area (Å²) >= 11 is 14.9. The van der Waals surface area contributed by atoms with Crippen molar-refractivity contribution in [1.29, 1.82) is 0 Å². The van der Waals surface area contributed by atoms with Crippen LogP contribution in [0.15, 0.2) is 92.9 Å². The number of benzene rings is 4. The molecule has 0 spiro atoms. The molecule has 4 aromatic rings. The van der Waals surface area contributed by atoms with Crippen LogP contribution in [0.4, 0.5) is 22.7 Å². The quantitative estimate of drug-likeness (QED) is 0.140. The van der Waals surface area contributed by atoms with Crippen LogP contribution in [-0.4, -0.2) is 21.7 Å². The number of hydrogen-bond donors (Lipinski definition) is 0. The molecule has 6 aliphatic rings. The van der Waals surface area contributed by atoms with E-state index in [4.69, 9.17) is 17.0 Å². The number of anilines is 4. The Morgan fingerprint density at radius 2 is 0.892 bits per heavy atom. The molecule has 0 aliphatic heterocycles. The van der Waals surface area contributed by atoms with Gasteiger partial charge in [0.1, 0.15) is 0 Å². The van der Waals surface area contributed by atoms with Gasteiger partial charge in [0.25, 0.3) is 0 Å². The molecule has 10 unspecified atom stereocenters. The Kier molecular flexibility index (Phi) is 19.4. The molecular weight excluding hydrogens is 1180 g/mol. The van der Waals surface area contributed by atoms with Gasteiger partial charge in [0.2, 0.25) is 0 Å². The van der Waals surface area contributed by atoms with Crippen LogP contribution in [0.25, 0.3) is 12.2 Å². The average Bonchev–Trinajstić information content (AvgIpc) is 4.05. The molecule has 4 saturated carbocycles. The topological polar surface area (TPSA) is 6.48 Å². The number of nitrogens with zero attached hydrogens (tertiary/aromatic N) is 2. The molecule has 4 fully saturated rings. The molecule has 10 rings (SSSR count). The van der Waals surface area contributed by atoms with Gasteiger partial charge in [0.05, 0.1) is 11.4 Å². The predicted octanol–water partition coefficient (Wildman–Crippen LogP) is 19.2. The molecule has 0 saturated heterocycles. The summed E-state index contributed by atoms with van der Waals surface area (Å²) in [6, 6.07) is 28.8. The monoisotopic (exact) mass is 1240 g/mol. The summed E-state index contributed by atoms with van der Waals surface area (Å²) in [5.74, 6) is 5.24. The summed E-state index contributed by atoms with van der Waals surface area (Å²) in [5, 5.41) is 0. The van der Waals surface area contributed by atoms with Crippen molar-refractivity contribution in [2.75, 3.05) is 9.80 Å². The van der Waals surface area contributed by atoms with Gasteiger partial charge in [-0.15, -0.1) is 0 Å². The molecule has 0 amide bonds. The number of halogens is 6. The van der Waals surface area contributed by atoms with Crippen molar-refractivity contribution in [3.63, 3.8) is 0 Å². The van der Waals surface area contributed by atoms with E-state index in [0.29, 0.717) is 0 Å². The summed E-state index contributed by atoms with van der Waals surface area (Å²) < 4.78 is 2.33. The van der Waals surface area contributed by atoms with Gasteiger partial charge in [-0.3, -0.25) is 0 Å². The molecule has 4 aromatic carbocycles. The van der Waals surface area contributed by atoms with Crippen LogP contribution in [0.1, 0.15) is 112 Å². The number of rotatable bonds is 6. The van der Waals surface area contributed by atoms with Crippen LogP contribution in [0.2, 0.25) is 0 Å². The Labute approximate surface area is 445 Å². The third-order valence-corrected chi connectivity index (χ3v) is 18.9. The molecule has 0 radical (unpaired) electrons. The first-order chi connectivity index (χ1) is 30.3. The van der Waals surface area contributed by atoms with Crippen molar-refractivity contribution in [3.05, 3.63) is 141 Å². The Hall–Kier alpha value is -0.657. The van der Waals surface area contributed by atoms with E-state index in [0.717, 1.165) is 70.1 Å². The Morgan fingerprint density at radius 3 is 1.29 bits per heavy atom. The van der Waals surface area contributed by atoms with E-state index >= 15 is 0 Å². The second kappa shape index (κ2) is 23.5. The van der Waals surface area contributed by atoms with Crippen molar-refractivity contribution >= 4 is 116 Å². The normalized spacial score (nSPS) is 27.9. The van der Waals surface area contributed by atoms with Crippen molar-refractivity contribution in [2.45, 2.75) is 127 Å². The van der Waals surface area contributed by atoms with Crippen LogP contribution in [-0.2, 0) is 33.7 Å². The molecule has 10 atom stereocenters. The van der Waals surface area contributed by atoms with Gasteiger partial charge in [0.15, 0.2) is 0 Å². The Balaban J connectivity index is 0.000000198. The molecule has 348 valence electrons. The van der Waals surface area contributed by atoms with Crippen LogP contribution in [0.5, 0.6) is 0 Å². The van der Waals surface area contributed by atoms with E-state index < -0.39 is 20.8 Å². The first-order valence-electron chi connectivity index (χ1n) is 23.2. The predicted molar refractivity (Wildman–Crippen MR) is 296 cm³/mol. The first kappa shape index (κ1) is 53.7. The Morgan fingerprint density at radius 1 is 0.523 bits per heavy atom. The van der Waals surface area contributed by atoms with E-state index in [9.17, 15) is 0 Å². The van der Waals surface area contributed by atoms with Crippen LogP contribution in [0.3, 0.4) is 0 Å². The molecule has 0 aromatic heterocycles. The maximum absolute atomic E-state index is 4.93. The summed E-state index contributed by atoms with van der Waals surface area (Å²) in [6.07, 6.45) is 17.7. The molecule has 0 N–H and O–H groups in total. The summed E-state index contributed by atoms with van der Waals surface area (Å²) in [5.41, 5.74) is 16.1. The summed E-state index contributed by atoms with van der Waals surface area (Å²) in [4.78, 5) is 6.93. The van der Waals surface area contributed by atoms with Gasteiger partial charge in [-0.05, 0) is 198 Å². The van der Waals surface area contributed by atoms with Crippen LogP contribution in [0, 0.1) is 64.2 Å². The third kappa shape index (κ3) is 11.6. The fourth-order valence-corrected chi connectivity index (χ4v) is 15.3. The van der Waals surface area contributed by atoms with Gasteiger partial charge in [0, 0.05) is 42.1 Å². The number of alkyl halides is 2. The number of aryl methyl sites for hydroxylation is 2. The number of fused-ring (bicyclic) bond motifs is 4. The molecular formula is C56H68Br4Cl2N2Zr. The van der Waals surface area contributed by atoms with E-state index in [2.05, 4.69) is 200 Å². The molecule has 0 heterocycles. The number of allylic oxidation sites excluding steroid dienone is 2. The Bertz CT molecular complexity index is 2200. The maximum atomic E-state index is 4.93. The van der Waals surface area contributed by atoms with Gasteiger partial charge in [-0.2, -0.15) is 0 Å². The van der Waals surface area contributed by atoms with Crippen LogP contribution < -0.4 is 9.80 Å². The fraction of sp³-hybridized carbons (Fsp3) is 0.464. The second-order valence-corrected chi connectivity index (χ2v) is 27.7. The van der Waals surface area contributed by atoms with Crippen molar-refractivity contribution < 1.29 is 20.8 Å². The molecule has 65 heavy (non-hydrogen) atoms. The minimum atomic E-state index is -0.826. The molecule has 9 heteroatoms. The van der Waals surface area contributed by atoms with E-state index in [1.54, 1.807) is 0 Å². The number of hydrogen-bond acceptors (Lipinski definition) is 2. The van der Waals surface area contributed by atoms with Gasteiger partial charge in [-0.25, -0.2) is 0 Å². The van der Waals surface area contributed by atoms with Gasteiger partial charge < -0.3 is 24.7 Å². The van der Waals surface area contributed by atoms with E-state index in [1.165, 1.54) is 128 Å². The van der Waals surface area contributed by atoms with Crippen molar-refractivity contribution in [2.24, 2.45) is 35.5 Å². The summed E-state index contributed by atoms with van der Waals surface area (Å²) in [7, 11) is 9.87. The SMILES string of the molecule is CC1=Cc2c(Br)ccc(N(c3ccc(C)cc3)c3ccc(Br)c4c3CC(C)=C4)c2C1.Cc1ccc(N(C2CCC(Br)C3CC(C)CC32)C2CCC(Br)C3CC(C)CC32)cc1.[CH3-].[CH3-].[Cl][Zr+2][Cl]. The molecule has 6 aliphatic carbocycles. The first-order valence-corrected chi connectivity index (χ1v) is 32.9. The zero-order valence-corrected chi connectivity index (χ0v) is 49.9. The zero-order chi connectivity index (χ0) is 44.7. The zero-order valence-electron chi connectivity index (χ0n) is 39.6. The fourth-order valence-electron chi connectivity index (χ4n) is 12.6. The van der Waals surface area contributed by atoms with E-state index in [1.807, 2.05) is 0 Å². The second-order valence-electron chi connectivity index (χ2n) is 19.9. The van der Waals surface area contributed by atoms with Gasteiger partial charge >= 0.3 is 37.9 Å². The molecule has 2 nitrogen and oxygen atoms in total.